The fourth-order valence-electron chi connectivity index (χ4n) is 2.61. The first kappa shape index (κ1) is 20.3. The van der Waals surface area contributed by atoms with Gasteiger partial charge in [0.25, 0.3) is 0 Å². The summed E-state index contributed by atoms with van der Waals surface area (Å²) in [7, 11) is 0. The molecule has 25 heavy (non-hydrogen) atoms. The minimum Gasteiger partial charge on any atom is -0.362 e. The molecule has 1 aliphatic rings. The lowest BCUT2D eigenvalue weighted by Gasteiger charge is -2.28. The fourth-order valence-corrected chi connectivity index (χ4v) is 3.33. The summed E-state index contributed by atoms with van der Waals surface area (Å²) in [4.78, 5) is 11.1. The fraction of sp³-hybridized carbons (Fsp3) is 0.375. The van der Waals surface area contributed by atoms with Crippen LogP contribution in [0.2, 0.25) is 15.1 Å². The second-order valence-electron chi connectivity index (χ2n) is 5.64. The third-order valence-electron chi connectivity index (χ3n) is 3.91. The number of hydrogen-bond donors (Lipinski definition) is 2. The highest BCUT2D eigenvalue weighted by atomic mass is 35.5. The van der Waals surface area contributed by atoms with E-state index in [1.807, 2.05) is 19.1 Å². The van der Waals surface area contributed by atoms with Crippen molar-refractivity contribution in [2.75, 3.05) is 36.4 Å². The smallest absolute Gasteiger partial charge is 0.227 e. The van der Waals surface area contributed by atoms with E-state index in [1.54, 1.807) is 12.3 Å². The average molecular weight is 423 g/mol. The summed E-state index contributed by atoms with van der Waals surface area (Å²) in [5.41, 5.74) is 0.930. The van der Waals surface area contributed by atoms with Gasteiger partial charge in [0.05, 0.1) is 12.2 Å². The van der Waals surface area contributed by atoms with Gasteiger partial charge in [0, 0.05) is 36.2 Å². The highest BCUT2D eigenvalue weighted by Crippen LogP contribution is 2.30. The maximum absolute atomic E-state index is 6.28. The molecule has 0 aliphatic carbocycles. The molecule has 2 N–H and O–H groups in total. The van der Waals surface area contributed by atoms with Gasteiger partial charge in [0.15, 0.2) is 5.82 Å². The molecule has 1 fully saturated rings. The molecule has 0 spiro atoms. The number of nitrogens with one attached hydrogen (secondary N) is 2. The zero-order chi connectivity index (χ0) is 17.1. The van der Waals surface area contributed by atoms with Crippen LogP contribution in [0.15, 0.2) is 24.4 Å². The van der Waals surface area contributed by atoms with Crippen molar-refractivity contribution in [3.8, 4) is 0 Å². The second kappa shape index (κ2) is 9.10. The Hall–Kier alpha value is -0.980. The Bertz CT molecular complexity index is 722. The van der Waals surface area contributed by atoms with Gasteiger partial charge in [-0.15, -0.1) is 12.4 Å². The number of hydrogen-bond acceptors (Lipinski definition) is 5. The van der Waals surface area contributed by atoms with Gasteiger partial charge in [-0.1, -0.05) is 40.9 Å². The summed E-state index contributed by atoms with van der Waals surface area (Å²) in [5, 5.41) is 8.32. The molecule has 1 atom stereocenters. The molecule has 1 aromatic carbocycles. The highest BCUT2D eigenvalue weighted by Gasteiger charge is 2.17. The Morgan fingerprint density at radius 1 is 1.16 bits per heavy atom. The SMILES string of the molecule is CC(Nc1nc(N2CCNCC2)ncc1Cl)c1ccc(Cl)cc1Cl.Cl. The number of nitrogens with zero attached hydrogens (tertiary/aromatic N) is 3. The van der Waals surface area contributed by atoms with Crippen LogP contribution in [0.25, 0.3) is 0 Å². The molecule has 1 unspecified atom stereocenters. The Morgan fingerprint density at radius 2 is 1.88 bits per heavy atom. The molecule has 1 aliphatic heterocycles. The van der Waals surface area contributed by atoms with E-state index in [1.165, 1.54) is 0 Å². The first-order chi connectivity index (χ1) is 11.5. The molecule has 0 amide bonds. The van der Waals surface area contributed by atoms with Crippen molar-refractivity contribution in [1.29, 1.82) is 0 Å². The minimum absolute atomic E-state index is 0. The van der Waals surface area contributed by atoms with Crippen LogP contribution in [0.5, 0.6) is 0 Å². The zero-order valence-corrected chi connectivity index (χ0v) is 16.7. The third kappa shape index (κ3) is 5.02. The number of benzene rings is 1. The van der Waals surface area contributed by atoms with Crippen molar-refractivity contribution in [2.45, 2.75) is 13.0 Å². The van der Waals surface area contributed by atoms with Crippen LogP contribution in [-0.2, 0) is 0 Å². The molecule has 0 bridgehead atoms. The molecule has 5 nitrogen and oxygen atoms in total. The van der Waals surface area contributed by atoms with Crippen LogP contribution in [0, 0.1) is 0 Å². The molecule has 1 aromatic heterocycles. The molecule has 2 aromatic rings. The van der Waals surface area contributed by atoms with Crippen LogP contribution in [0.4, 0.5) is 11.8 Å². The Kier molecular flexibility index (Phi) is 7.40. The van der Waals surface area contributed by atoms with Gasteiger partial charge in [-0.05, 0) is 24.6 Å². The summed E-state index contributed by atoms with van der Waals surface area (Å²) < 4.78 is 0. The summed E-state index contributed by atoms with van der Waals surface area (Å²) in [6.07, 6.45) is 1.63. The van der Waals surface area contributed by atoms with Crippen LogP contribution >= 0.6 is 47.2 Å². The predicted octanol–water partition coefficient (Wildman–Crippen LogP) is 4.44. The largest absolute Gasteiger partial charge is 0.362 e. The van der Waals surface area contributed by atoms with E-state index in [2.05, 4.69) is 25.5 Å². The lowest BCUT2D eigenvalue weighted by atomic mass is 10.1. The van der Waals surface area contributed by atoms with Crippen LogP contribution in [-0.4, -0.2) is 36.1 Å². The van der Waals surface area contributed by atoms with Gasteiger partial charge in [-0.3, -0.25) is 0 Å². The van der Waals surface area contributed by atoms with E-state index in [0.29, 0.717) is 26.8 Å². The normalized spacial score (nSPS) is 15.4. The molecular formula is C16H19Cl4N5. The predicted molar refractivity (Wildman–Crippen MR) is 108 cm³/mol. The van der Waals surface area contributed by atoms with Crippen LogP contribution < -0.4 is 15.5 Å². The molecule has 9 heteroatoms. The first-order valence-corrected chi connectivity index (χ1v) is 8.87. The van der Waals surface area contributed by atoms with E-state index in [-0.39, 0.29) is 18.4 Å². The van der Waals surface area contributed by atoms with Crippen molar-refractivity contribution < 1.29 is 0 Å². The van der Waals surface area contributed by atoms with Crippen LogP contribution in [0.1, 0.15) is 18.5 Å². The van der Waals surface area contributed by atoms with E-state index in [0.717, 1.165) is 31.7 Å². The minimum atomic E-state index is -0.0713. The van der Waals surface area contributed by atoms with E-state index < -0.39 is 0 Å². The summed E-state index contributed by atoms with van der Waals surface area (Å²) in [6, 6.07) is 5.37. The van der Waals surface area contributed by atoms with Crippen molar-refractivity contribution in [1.82, 2.24) is 15.3 Å². The molecule has 0 radical (unpaired) electrons. The van der Waals surface area contributed by atoms with E-state index in [4.69, 9.17) is 34.8 Å². The summed E-state index contributed by atoms with van der Waals surface area (Å²) >= 11 is 18.5. The monoisotopic (exact) mass is 421 g/mol. The number of piperazine rings is 1. The maximum Gasteiger partial charge on any atom is 0.227 e. The van der Waals surface area contributed by atoms with Gasteiger partial charge < -0.3 is 15.5 Å². The molecule has 136 valence electrons. The maximum atomic E-state index is 6.28. The lowest BCUT2D eigenvalue weighted by molar-refractivity contribution is 0.580. The number of aromatic nitrogens is 2. The first-order valence-electron chi connectivity index (χ1n) is 7.74. The van der Waals surface area contributed by atoms with Crippen molar-refractivity contribution in [3.63, 3.8) is 0 Å². The third-order valence-corrected chi connectivity index (χ3v) is 4.75. The van der Waals surface area contributed by atoms with Crippen LogP contribution in [0.3, 0.4) is 0 Å². The van der Waals surface area contributed by atoms with Gasteiger partial charge in [0.2, 0.25) is 5.95 Å². The standard InChI is InChI=1S/C16H18Cl3N5.ClH/c1-10(12-3-2-11(17)8-13(12)18)22-15-14(19)9-21-16(23-15)24-6-4-20-5-7-24;/h2-3,8-10,20H,4-7H2,1H3,(H,21,22,23);1H. The molecular weight excluding hydrogens is 404 g/mol. The lowest BCUT2D eigenvalue weighted by Crippen LogP contribution is -2.44. The number of halogens is 4. The topological polar surface area (TPSA) is 53.1 Å². The molecule has 3 rings (SSSR count). The number of anilines is 2. The molecule has 0 saturated carbocycles. The van der Waals surface area contributed by atoms with E-state index in [9.17, 15) is 0 Å². The average Bonchev–Trinajstić information content (AvgIpc) is 2.57. The van der Waals surface area contributed by atoms with Gasteiger partial charge >= 0.3 is 0 Å². The number of rotatable bonds is 4. The van der Waals surface area contributed by atoms with Gasteiger partial charge in [0.1, 0.15) is 5.02 Å². The summed E-state index contributed by atoms with van der Waals surface area (Å²) in [6.45, 7) is 5.59. The zero-order valence-electron chi connectivity index (χ0n) is 13.6. The second-order valence-corrected chi connectivity index (χ2v) is 6.89. The Balaban J connectivity index is 0.00000225. The van der Waals surface area contributed by atoms with Crippen molar-refractivity contribution in [3.05, 3.63) is 45.0 Å². The Morgan fingerprint density at radius 3 is 2.56 bits per heavy atom. The van der Waals surface area contributed by atoms with Gasteiger partial charge in [-0.25, -0.2) is 4.98 Å². The molecule has 1 saturated heterocycles. The Labute approximate surface area is 168 Å². The quantitative estimate of drug-likeness (QED) is 0.762. The van der Waals surface area contributed by atoms with E-state index >= 15 is 0 Å². The summed E-state index contributed by atoms with van der Waals surface area (Å²) in [5.74, 6) is 1.27. The van der Waals surface area contributed by atoms with Gasteiger partial charge in [-0.2, -0.15) is 4.98 Å². The highest BCUT2D eigenvalue weighted by molar-refractivity contribution is 6.35. The molecule has 2 heterocycles. The van der Waals surface area contributed by atoms with Crippen molar-refractivity contribution >= 4 is 59.0 Å². The van der Waals surface area contributed by atoms with Crippen molar-refractivity contribution in [2.24, 2.45) is 0 Å².